The highest BCUT2D eigenvalue weighted by Crippen LogP contribution is 2.35. The SMILES string of the molecule is Cc1ccccc1C1(CCNC(=O)OC(C)(C)C)CCCCN1. The van der Waals surface area contributed by atoms with Crippen LogP contribution in [0.4, 0.5) is 4.79 Å². The van der Waals surface area contributed by atoms with E-state index in [9.17, 15) is 4.79 Å². The maximum absolute atomic E-state index is 11.9. The Kier molecular flexibility index (Phi) is 5.69. The molecule has 1 amide bonds. The molecule has 0 bridgehead atoms. The summed E-state index contributed by atoms with van der Waals surface area (Å²) in [6.45, 7) is 9.43. The van der Waals surface area contributed by atoms with E-state index < -0.39 is 5.60 Å². The quantitative estimate of drug-likeness (QED) is 0.886. The second-order valence-electron chi connectivity index (χ2n) is 7.46. The number of aryl methyl sites for hydroxylation is 1. The molecule has 2 rings (SSSR count). The third-order valence-electron chi connectivity index (χ3n) is 4.37. The lowest BCUT2D eigenvalue weighted by molar-refractivity contribution is 0.0520. The van der Waals surface area contributed by atoms with Crippen LogP contribution < -0.4 is 10.6 Å². The molecule has 1 heterocycles. The van der Waals surface area contributed by atoms with E-state index in [0.717, 1.165) is 19.4 Å². The largest absolute Gasteiger partial charge is 0.444 e. The van der Waals surface area contributed by atoms with Crippen LogP contribution in [0.25, 0.3) is 0 Å². The van der Waals surface area contributed by atoms with Crippen molar-refractivity contribution in [2.75, 3.05) is 13.1 Å². The molecule has 2 N–H and O–H groups in total. The zero-order valence-electron chi connectivity index (χ0n) is 14.9. The van der Waals surface area contributed by atoms with Crippen molar-refractivity contribution in [3.8, 4) is 0 Å². The van der Waals surface area contributed by atoms with Gasteiger partial charge in [0.1, 0.15) is 5.60 Å². The average Bonchev–Trinajstić information content (AvgIpc) is 2.46. The Morgan fingerprint density at radius 2 is 2.04 bits per heavy atom. The summed E-state index contributed by atoms with van der Waals surface area (Å²) in [5.41, 5.74) is 2.16. The zero-order chi connectivity index (χ0) is 16.9. The van der Waals surface area contributed by atoms with Gasteiger partial charge >= 0.3 is 6.09 Å². The molecule has 0 radical (unpaired) electrons. The third kappa shape index (κ3) is 4.96. The van der Waals surface area contributed by atoms with Crippen molar-refractivity contribution < 1.29 is 9.53 Å². The number of ether oxygens (including phenoxy) is 1. The summed E-state index contributed by atoms with van der Waals surface area (Å²) in [6, 6.07) is 8.55. The van der Waals surface area contributed by atoms with Crippen molar-refractivity contribution in [3.63, 3.8) is 0 Å². The van der Waals surface area contributed by atoms with Gasteiger partial charge in [0, 0.05) is 12.1 Å². The van der Waals surface area contributed by atoms with Gasteiger partial charge < -0.3 is 15.4 Å². The molecule has 1 aromatic carbocycles. The third-order valence-corrected chi connectivity index (χ3v) is 4.37. The van der Waals surface area contributed by atoms with Gasteiger partial charge in [0.25, 0.3) is 0 Å². The van der Waals surface area contributed by atoms with Crippen molar-refractivity contribution in [1.29, 1.82) is 0 Å². The summed E-state index contributed by atoms with van der Waals surface area (Å²) < 4.78 is 5.32. The standard InChI is InChI=1S/C19H30N2O2/c1-15-9-5-6-10-16(15)19(11-7-8-13-21-19)12-14-20-17(22)23-18(2,3)4/h5-6,9-10,21H,7-8,11-14H2,1-4H3,(H,20,22). The van der Waals surface area contributed by atoms with Crippen LogP contribution in [0, 0.1) is 6.92 Å². The lowest BCUT2D eigenvalue weighted by atomic mass is 9.78. The van der Waals surface area contributed by atoms with Gasteiger partial charge in [-0.1, -0.05) is 30.7 Å². The summed E-state index contributed by atoms with van der Waals surface area (Å²) in [6.07, 6.45) is 4.07. The van der Waals surface area contributed by atoms with Gasteiger partial charge in [0.05, 0.1) is 0 Å². The van der Waals surface area contributed by atoms with E-state index in [0.29, 0.717) is 6.54 Å². The van der Waals surface area contributed by atoms with Crippen LogP contribution in [0.5, 0.6) is 0 Å². The molecule has 1 unspecified atom stereocenters. The summed E-state index contributed by atoms with van der Waals surface area (Å²) >= 11 is 0. The molecule has 1 atom stereocenters. The first-order valence-corrected chi connectivity index (χ1v) is 8.60. The molecule has 1 aliphatic rings. The lowest BCUT2D eigenvalue weighted by Crippen LogP contribution is -2.48. The van der Waals surface area contributed by atoms with Gasteiger partial charge in [0.15, 0.2) is 0 Å². The number of alkyl carbamates (subject to hydrolysis) is 1. The van der Waals surface area contributed by atoms with Crippen molar-refractivity contribution >= 4 is 6.09 Å². The minimum absolute atomic E-state index is 0.0430. The van der Waals surface area contributed by atoms with Gasteiger partial charge in [-0.3, -0.25) is 0 Å². The summed E-state index contributed by atoms with van der Waals surface area (Å²) in [5, 5.41) is 6.62. The molecule has 4 nitrogen and oxygen atoms in total. The van der Waals surface area contributed by atoms with E-state index in [1.807, 2.05) is 20.8 Å². The van der Waals surface area contributed by atoms with Crippen LogP contribution in [0.1, 0.15) is 57.6 Å². The topological polar surface area (TPSA) is 50.4 Å². The summed E-state index contributed by atoms with van der Waals surface area (Å²) in [7, 11) is 0. The van der Waals surface area contributed by atoms with Gasteiger partial charge in [-0.2, -0.15) is 0 Å². The Labute approximate surface area is 140 Å². The number of piperidine rings is 1. The first-order valence-electron chi connectivity index (χ1n) is 8.60. The Hall–Kier alpha value is -1.55. The number of hydrogen-bond acceptors (Lipinski definition) is 3. The minimum Gasteiger partial charge on any atom is -0.444 e. The summed E-state index contributed by atoms with van der Waals surface area (Å²) in [4.78, 5) is 11.9. The number of hydrogen-bond donors (Lipinski definition) is 2. The fraction of sp³-hybridized carbons (Fsp3) is 0.632. The second kappa shape index (κ2) is 7.35. The molecule has 1 fully saturated rings. The van der Waals surface area contributed by atoms with E-state index in [4.69, 9.17) is 4.74 Å². The highest BCUT2D eigenvalue weighted by atomic mass is 16.6. The van der Waals surface area contributed by atoms with Gasteiger partial charge in [-0.25, -0.2) is 4.79 Å². The number of rotatable bonds is 4. The van der Waals surface area contributed by atoms with E-state index >= 15 is 0 Å². The number of nitrogens with one attached hydrogen (secondary N) is 2. The predicted octanol–water partition coefficient (Wildman–Crippen LogP) is 3.88. The highest BCUT2D eigenvalue weighted by Gasteiger charge is 2.34. The van der Waals surface area contributed by atoms with E-state index in [1.165, 1.54) is 24.0 Å². The minimum atomic E-state index is -0.457. The maximum atomic E-state index is 11.9. The van der Waals surface area contributed by atoms with Crippen molar-refractivity contribution in [2.45, 2.75) is 64.5 Å². The van der Waals surface area contributed by atoms with Crippen LogP contribution in [-0.4, -0.2) is 24.8 Å². The molecular formula is C19H30N2O2. The zero-order valence-corrected chi connectivity index (χ0v) is 14.9. The molecule has 4 heteroatoms. The molecule has 0 spiro atoms. The van der Waals surface area contributed by atoms with Crippen LogP contribution in [-0.2, 0) is 10.3 Å². The highest BCUT2D eigenvalue weighted by molar-refractivity contribution is 5.67. The molecule has 1 saturated heterocycles. The van der Waals surface area contributed by atoms with Crippen LogP contribution in [0.2, 0.25) is 0 Å². The normalized spacial score (nSPS) is 21.7. The number of carbonyl (C=O) groups excluding carboxylic acids is 1. The molecule has 23 heavy (non-hydrogen) atoms. The van der Waals surface area contributed by atoms with Crippen molar-refractivity contribution in [1.82, 2.24) is 10.6 Å². The van der Waals surface area contributed by atoms with E-state index in [-0.39, 0.29) is 11.6 Å². The van der Waals surface area contributed by atoms with Crippen LogP contribution in [0.3, 0.4) is 0 Å². The van der Waals surface area contributed by atoms with Gasteiger partial charge in [-0.05, 0) is 64.6 Å². The predicted molar refractivity (Wildman–Crippen MR) is 93.6 cm³/mol. The second-order valence-corrected chi connectivity index (χ2v) is 7.46. The number of carbonyl (C=O) groups is 1. The first kappa shape index (κ1) is 17.8. The van der Waals surface area contributed by atoms with Gasteiger partial charge in [0.2, 0.25) is 0 Å². The molecule has 128 valence electrons. The first-order chi connectivity index (χ1) is 10.8. The Bertz CT molecular complexity index is 528. The number of benzene rings is 1. The van der Waals surface area contributed by atoms with Crippen LogP contribution in [0.15, 0.2) is 24.3 Å². The van der Waals surface area contributed by atoms with Crippen molar-refractivity contribution in [3.05, 3.63) is 35.4 Å². The fourth-order valence-electron chi connectivity index (χ4n) is 3.35. The Morgan fingerprint density at radius 1 is 1.30 bits per heavy atom. The molecular weight excluding hydrogens is 288 g/mol. The molecule has 1 aromatic rings. The van der Waals surface area contributed by atoms with Gasteiger partial charge in [-0.15, -0.1) is 0 Å². The van der Waals surface area contributed by atoms with E-state index in [2.05, 4.69) is 41.8 Å². The molecule has 1 aliphatic heterocycles. The lowest BCUT2D eigenvalue weighted by Gasteiger charge is -2.40. The smallest absolute Gasteiger partial charge is 0.407 e. The van der Waals surface area contributed by atoms with Crippen molar-refractivity contribution in [2.24, 2.45) is 0 Å². The molecule has 0 aliphatic carbocycles. The Morgan fingerprint density at radius 3 is 2.65 bits per heavy atom. The maximum Gasteiger partial charge on any atom is 0.407 e. The van der Waals surface area contributed by atoms with E-state index in [1.54, 1.807) is 0 Å². The van der Waals surface area contributed by atoms with Crippen LogP contribution >= 0.6 is 0 Å². The molecule has 0 aromatic heterocycles. The molecule has 0 saturated carbocycles. The monoisotopic (exact) mass is 318 g/mol. The fourth-order valence-corrected chi connectivity index (χ4v) is 3.35. The summed E-state index contributed by atoms with van der Waals surface area (Å²) in [5.74, 6) is 0. The average molecular weight is 318 g/mol. The number of amides is 1. The Balaban J connectivity index is 2.03.